The molecule has 0 unspecified atom stereocenters. The number of nitrogens with zero attached hydrogens (tertiary/aromatic N) is 2. The fraction of sp³-hybridized carbons (Fsp3) is 0.375. The third-order valence-corrected chi connectivity index (χ3v) is 4.62. The second kappa shape index (κ2) is 7.12. The van der Waals surface area contributed by atoms with Gasteiger partial charge in [-0.2, -0.15) is 5.10 Å². The molecule has 2 aromatic rings. The molecular formula is C16H20FN3O3S. The summed E-state index contributed by atoms with van der Waals surface area (Å²) in [5, 5.41) is 7.13. The Hall–Kier alpha value is -2.22. The van der Waals surface area contributed by atoms with Gasteiger partial charge < -0.3 is 5.32 Å². The normalized spacial score (nSPS) is 11.5. The lowest BCUT2D eigenvalue weighted by molar-refractivity contribution is -0.120. The number of aromatic nitrogens is 2. The van der Waals surface area contributed by atoms with Crippen molar-refractivity contribution in [3.63, 3.8) is 0 Å². The molecule has 2 rings (SSSR count). The van der Waals surface area contributed by atoms with E-state index in [2.05, 4.69) is 10.4 Å². The summed E-state index contributed by atoms with van der Waals surface area (Å²) in [4.78, 5) is 11.8. The summed E-state index contributed by atoms with van der Waals surface area (Å²) in [6.45, 7) is 3.95. The molecule has 24 heavy (non-hydrogen) atoms. The summed E-state index contributed by atoms with van der Waals surface area (Å²) in [7, 11) is -3.16. The van der Waals surface area contributed by atoms with E-state index in [1.54, 1.807) is 16.8 Å². The molecule has 0 bridgehead atoms. The van der Waals surface area contributed by atoms with Crippen LogP contribution in [0.5, 0.6) is 0 Å². The summed E-state index contributed by atoms with van der Waals surface area (Å²) >= 11 is 0. The van der Waals surface area contributed by atoms with Crippen molar-refractivity contribution in [2.45, 2.75) is 26.8 Å². The van der Waals surface area contributed by atoms with Gasteiger partial charge in [-0.25, -0.2) is 17.5 Å². The Kier molecular flexibility index (Phi) is 5.38. The molecule has 1 heterocycles. The monoisotopic (exact) mass is 353 g/mol. The maximum absolute atomic E-state index is 13.0. The van der Waals surface area contributed by atoms with Crippen molar-refractivity contribution < 1.29 is 17.6 Å². The summed E-state index contributed by atoms with van der Waals surface area (Å²) in [5.41, 5.74) is 3.17. The van der Waals surface area contributed by atoms with Gasteiger partial charge in [-0.05, 0) is 38.1 Å². The van der Waals surface area contributed by atoms with Gasteiger partial charge in [-0.15, -0.1) is 0 Å². The predicted octanol–water partition coefficient (Wildman–Crippen LogP) is 1.68. The van der Waals surface area contributed by atoms with E-state index < -0.39 is 9.84 Å². The third kappa shape index (κ3) is 4.64. The highest BCUT2D eigenvalue weighted by atomic mass is 32.2. The van der Waals surface area contributed by atoms with E-state index in [9.17, 15) is 17.6 Å². The number of amides is 1. The van der Waals surface area contributed by atoms with Gasteiger partial charge in [-0.1, -0.05) is 0 Å². The van der Waals surface area contributed by atoms with E-state index in [0.717, 1.165) is 28.9 Å². The number of hydrogen-bond donors (Lipinski definition) is 1. The van der Waals surface area contributed by atoms with E-state index in [1.807, 2.05) is 13.8 Å². The molecule has 0 fully saturated rings. The Bertz CT molecular complexity index is 842. The molecule has 130 valence electrons. The number of carbonyl (C=O) groups is 1. The fourth-order valence-electron chi connectivity index (χ4n) is 2.32. The Morgan fingerprint density at radius 3 is 2.46 bits per heavy atom. The lowest BCUT2D eigenvalue weighted by atomic mass is 10.2. The number of aryl methyl sites for hydroxylation is 1. The zero-order valence-corrected chi connectivity index (χ0v) is 14.7. The minimum absolute atomic E-state index is 0.0664. The Morgan fingerprint density at radius 2 is 1.88 bits per heavy atom. The average Bonchev–Trinajstić information content (AvgIpc) is 2.78. The van der Waals surface area contributed by atoms with Crippen LogP contribution in [0.15, 0.2) is 24.3 Å². The van der Waals surface area contributed by atoms with Crippen LogP contribution in [-0.2, 0) is 21.2 Å². The van der Waals surface area contributed by atoms with Crippen LogP contribution in [0.1, 0.15) is 23.4 Å². The van der Waals surface area contributed by atoms with E-state index in [4.69, 9.17) is 0 Å². The number of sulfone groups is 1. The quantitative estimate of drug-likeness (QED) is 0.857. The second-order valence-electron chi connectivity index (χ2n) is 5.69. The minimum atomic E-state index is -3.16. The summed E-state index contributed by atoms with van der Waals surface area (Å²) in [6.07, 6.45) is 1.03. The van der Waals surface area contributed by atoms with Gasteiger partial charge in [0.15, 0.2) is 0 Å². The topological polar surface area (TPSA) is 81.1 Å². The third-order valence-electron chi connectivity index (χ3n) is 3.67. The van der Waals surface area contributed by atoms with Crippen LogP contribution in [0, 0.1) is 19.7 Å². The van der Waals surface area contributed by atoms with E-state index in [0.29, 0.717) is 0 Å². The van der Waals surface area contributed by atoms with Crippen LogP contribution >= 0.6 is 0 Å². The van der Waals surface area contributed by atoms with Crippen LogP contribution in [0.25, 0.3) is 5.69 Å². The highest BCUT2D eigenvalue weighted by Gasteiger charge is 2.14. The molecule has 0 aliphatic heterocycles. The molecule has 0 radical (unpaired) electrons. The lowest BCUT2D eigenvalue weighted by Crippen LogP contribution is -2.25. The van der Waals surface area contributed by atoms with Crippen molar-refractivity contribution in [2.75, 3.05) is 12.0 Å². The Labute approximate surface area is 140 Å². The molecule has 0 spiro atoms. The van der Waals surface area contributed by atoms with Crippen LogP contribution in [0.3, 0.4) is 0 Å². The average molecular weight is 353 g/mol. The molecule has 0 saturated heterocycles. The summed E-state index contributed by atoms with van der Waals surface area (Å²) < 4.78 is 36.9. The number of rotatable bonds is 6. The smallest absolute Gasteiger partial charge is 0.221 e. The number of halogens is 1. The van der Waals surface area contributed by atoms with Crippen molar-refractivity contribution >= 4 is 15.7 Å². The first-order chi connectivity index (χ1) is 11.2. The first-order valence-corrected chi connectivity index (χ1v) is 9.49. The van der Waals surface area contributed by atoms with Crippen LogP contribution in [0.4, 0.5) is 4.39 Å². The molecule has 0 saturated carbocycles. The van der Waals surface area contributed by atoms with Gasteiger partial charge in [-0.3, -0.25) is 4.79 Å². The van der Waals surface area contributed by atoms with E-state index in [-0.39, 0.29) is 30.4 Å². The number of carbonyl (C=O) groups excluding carboxylic acids is 1. The van der Waals surface area contributed by atoms with Gasteiger partial charge in [0.1, 0.15) is 15.7 Å². The Balaban J connectivity index is 2.09. The van der Waals surface area contributed by atoms with Gasteiger partial charge in [0.05, 0.1) is 17.1 Å². The largest absolute Gasteiger partial charge is 0.352 e. The first kappa shape index (κ1) is 18.1. The van der Waals surface area contributed by atoms with Crippen molar-refractivity contribution in [1.82, 2.24) is 15.1 Å². The first-order valence-electron chi connectivity index (χ1n) is 7.43. The summed E-state index contributed by atoms with van der Waals surface area (Å²) in [5.74, 6) is -0.821. The van der Waals surface area contributed by atoms with Crippen LogP contribution in [-0.4, -0.2) is 36.1 Å². The highest BCUT2D eigenvalue weighted by Crippen LogP contribution is 2.18. The number of nitrogens with one attached hydrogen (secondary N) is 1. The van der Waals surface area contributed by atoms with E-state index in [1.165, 1.54) is 12.1 Å². The zero-order chi connectivity index (χ0) is 17.9. The fourth-order valence-corrected chi connectivity index (χ4v) is 2.87. The molecule has 6 nitrogen and oxygen atoms in total. The predicted molar refractivity (Wildman–Crippen MR) is 89.2 cm³/mol. The standard InChI is InChI=1S/C16H20FN3O3S/c1-11-15(10-18-16(21)8-9-24(3,22)23)12(2)20(19-11)14-6-4-13(17)5-7-14/h4-7H,8-10H2,1-3H3,(H,18,21). The van der Waals surface area contributed by atoms with Gasteiger partial charge in [0.2, 0.25) is 5.91 Å². The van der Waals surface area contributed by atoms with Gasteiger partial charge >= 0.3 is 0 Å². The zero-order valence-electron chi connectivity index (χ0n) is 13.8. The maximum Gasteiger partial charge on any atom is 0.221 e. The minimum Gasteiger partial charge on any atom is -0.352 e. The van der Waals surface area contributed by atoms with Crippen molar-refractivity contribution in [2.24, 2.45) is 0 Å². The molecule has 0 atom stereocenters. The van der Waals surface area contributed by atoms with Crippen LogP contribution < -0.4 is 5.32 Å². The molecule has 0 aliphatic carbocycles. The molecule has 1 N–H and O–H groups in total. The molecule has 1 aromatic carbocycles. The van der Waals surface area contributed by atoms with Gasteiger partial charge in [0.25, 0.3) is 0 Å². The highest BCUT2D eigenvalue weighted by molar-refractivity contribution is 7.90. The lowest BCUT2D eigenvalue weighted by Gasteiger charge is -2.07. The number of benzene rings is 1. The summed E-state index contributed by atoms with van der Waals surface area (Å²) in [6, 6.07) is 5.98. The molecule has 1 amide bonds. The molecule has 1 aromatic heterocycles. The maximum atomic E-state index is 13.0. The van der Waals surface area contributed by atoms with E-state index >= 15 is 0 Å². The molecule has 0 aliphatic rings. The Morgan fingerprint density at radius 1 is 1.25 bits per heavy atom. The molecular weight excluding hydrogens is 333 g/mol. The van der Waals surface area contributed by atoms with Crippen LogP contribution in [0.2, 0.25) is 0 Å². The SMILES string of the molecule is Cc1nn(-c2ccc(F)cc2)c(C)c1CNC(=O)CCS(C)(=O)=O. The number of hydrogen-bond acceptors (Lipinski definition) is 4. The van der Waals surface area contributed by atoms with Crippen molar-refractivity contribution in [3.05, 3.63) is 47.0 Å². The van der Waals surface area contributed by atoms with Gasteiger partial charge in [0, 0.05) is 30.5 Å². The molecule has 8 heteroatoms. The van der Waals surface area contributed by atoms with Crippen molar-refractivity contribution in [1.29, 1.82) is 0 Å². The second-order valence-corrected chi connectivity index (χ2v) is 7.95. The van der Waals surface area contributed by atoms with Crippen molar-refractivity contribution in [3.8, 4) is 5.69 Å².